The number of aromatic nitrogens is 2. The molecule has 2 rings (SSSR count). The van der Waals surface area contributed by atoms with Crippen LogP contribution >= 0.6 is 0 Å². The van der Waals surface area contributed by atoms with Crippen molar-refractivity contribution in [2.24, 2.45) is 12.0 Å². The quantitative estimate of drug-likeness (QED) is 0.490. The third kappa shape index (κ3) is 5.36. The van der Waals surface area contributed by atoms with Gasteiger partial charge in [0.2, 0.25) is 0 Å². The van der Waals surface area contributed by atoms with E-state index in [1.165, 1.54) is 0 Å². The Bertz CT molecular complexity index is 946. The maximum absolute atomic E-state index is 14.1. The van der Waals surface area contributed by atoms with Crippen LogP contribution in [0.15, 0.2) is 29.3 Å². The van der Waals surface area contributed by atoms with Crippen LogP contribution < -0.4 is 5.49 Å². The van der Waals surface area contributed by atoms with E-state index in [9.17, 15) is 22.4 Å². The van der Waals surface area contributed by atoms with Gasteiger partial charge in [0, 0.05) is 30.8 Å². The number of halogens is 4. The summed E-state index contributed by atoms with van der Waals surface area (Å²) in [5, 5.41) is 0. The Morgan fingerprint density at radius 2 is 1.76 bits per heavy atom. The summed E-state index contributed by atoms with van der Waals surface area (Å²) in [5.74, 6) is -2.07. The van der Waals surface area contributed by atoms with Crippen LogP contribution in [0.3, 0.4) is 0 Å². The highest BCUT2D eigenvalue weighted by atomic mass is 19.4. The zero-order valence-corrected chi connectivity index (χ0v) is 17.4. The highest BCUT2D eigenvalue weighted by Crippen LogP contribution is 2.30. The Kier molecular flexibility index (Phi) is 6.75. The molecule has 0 aliphatic rings. The molecule has 0 aliphatic heterocycles. The molecule has 160 valence electrons. The summed E-state index contributed by atoms with van der Waals surface area (Å²) >= 11 is 0. The normalized spacial score (nSPS) is 13.2. The van der Waals surface area contributed by atoms with Gasteiger partial charge in [-0.05, 0) is 24.6 Å². The predicted octanol–water partition coefficient (Wildman–Crippen LogP) is 5.21. The van der Waals surface area contributed by atoms with Crippen LogP contribution in [0.4, 0.5) is 17.6 Å². The molecule has 8 heteroatoms. The van der Waals surface area contributed by atoms with Crippen LogP contribution in [0.1, 0.15) is 68.6 Å². The minimum atomic E-state index is -4.67. The van der Waals surface area contributed by atoms with E-state index in [4.69, 9.17) is 0 Å². The van der Waals surface area contributed by atoms with Crippen molar-refractivity contribution < 1.29 is 22.4 Å². The van der Waals surface area contributed by atoms with Crippen molar-refractivity contribution in [3.63, 3.8) is 0 Å². The highest BCUT2D eigenvalue weighted by molar-refractivity contribution is 5.95. The Labute approximate surface area is 167 Å². The first-order valence-corrected chi connectivity index (χ1v) is 9.59. The van der Waals surface area contributed by atoms with Gasteiger partial charge >= 0.3 is 6.18 Å². The molecule has 4 nitrogen and oxygen atoms in total. The molecule has 0 N–H and O–H groups in total. The minimum Gasteiger partial charge on any atom is -0.291 e. The van der Waals surface area contributed by atoms with E-state index in [-0.39, 0.29) is 5.41 Å². The lowest BCUT2D eigenvalue weighted by Crippen LogP contribution is -2.25. The second-order valence-corrected chi connectivity index (χ2v) is 8.10. The van der Waals surface area contributed by atoms with Gasteiger partial charge in [0.25, 0.3) is 5.91 Å². The van der Waals surface area contributed by atoms with E-state index in [2.05, 4.69) is 11.9 Å². The first-order valence-electron chi connectivity index (χ1n) is 9.59. The molecule has 1 aromatic carbocycles. The lowest BCUT2D eigenvalue weighted by atomic mass is 9.92. The Balaban J connectivity index is 2.57. The van der Waals surface area contributed by atoms with Gasteiger partial charge in [-0.15, -0.1) is 0 Å². The summed E-state index contributed by atoms with van der Waals surface area (Å²) in [6, 6.07) is 3.50. The van der Waals surface area contributed by atoms with Crippen molar-refractivity contribution in [3.8, 4) is 0 Å². The summed E-state index contributed by atoms with van der Waals surface area (Å²) in [7, 11) is 1.85. The fraction of sp³-hybridized carbons (Fsp3) is 0.524. The largest absolute Gasteiger partial charge is 0.416 e. The molecule has 0 spiro atoms. The molecule has 0 radical (unpaired) electrons. The number of benzene rings is 1. The Morgan fingerprint density at radius 1 is 1.10 bits per heavy atom. The average molecular weight is 413 g/mol. The Hall–Kier alpha value is -2.38. The molecule has 0 unspecified atom stereocenters. The van der Waals surface area contributed by atoms with Gasteiger partial charge in [0.1, 0.15) is 5.82 Å². The standard InChI is InChI=1S/C21H27F4N3O/c1-6-7-8-11-28-18(13-17(27(28)5)20(2,3)4)26-19(29)15-12-14(21(23,24)25)9-10-16(15)22/h9-10,12-13H,6-8,11H2,1-5H3/b26-18+. The number of hydrogen-bond acceptors (Lipinski definition) is 1. The molecule has 0 aliphatic carbocycles. The van der Waals surface area contributed by atoms with Gasteiger partial charge in [0.05, 0.1) is 11.1 Å². The molecular weight excluding hydrogens is 386 g/mol. The number of rotatable bonds is 5. The fourth-order valence-electron chi connectivity index (χ4n) is 3.17. The van der Waals surface area contributed by atoms with Crippen LogP contribution in [0.25, 0.3) is 0 Å². The zero-order valence-electron chi connectivity index (χ0n) is 17.4. The van der Waals surface area contributed by atoms with E-state index in [0.717, 1.165) is 25.0 Å². The van der Waals surface area contributed by atoms with Crippen molar-refractivity contribution >= 4 is 5.91 Å². The molecular formula is C21H27F4N3O. The van der Waals surface area contributed by atoms with E-state index in [1.807, 2.05) is 32.5 Å². The molecule has 2 aromatic rings. The molecule has 0 atom stereocenters. The van der Waals surface area contributed by atoms with Crippen LogP contribution in [0.2, 0.25) is 0 Å². The maximum Gasteiger partial charge on any atom is 0.416 e. The average Bonchev–Trinajstić information content (AvgIpc) is 2.90. The molecule has 0 bridgehead atoms. The van der Waals surface area contributed by atoms with Crippen LogP contribution in [0.5, 0.6) is 0 Å². The smallest absolute Gasteiger partial charge is 0.291 e. The number of alkyl halides is 3. The second kappa shape index (κ2) is 8.55. The summed E-state index contributed by atoms with van der Waals surface area (Å²) in [4.78, 5) is 16.6. The number of unbranched alkanes of at least 4 members (excludes halogenated alkanes) is 2. The maximum atomic E-state index is 14.1. The topological polar surface area (TPSA) is 39.3 Å². The van der Waals surface area contributed by atoms with Gasteiger partial charge in [0.15, 0.2) is 5.49 Å². The van der Waals surface area contributed by atoms with Crippen LogP contribution in [0, 0.1) is 5.82 Å². The van der Waals surface area contributed by atoms with Crippen molar-refractivity contribution in [1.82, 2.24) is 9.36 Å². The minimum absolute atomic E-state index is 0.237. The van der Waals surface area contributed by atoms with Gasteiger partial charge < -0.3 is 0 Å². The van der Waals surface area contributed by atoms with Crippen molar-refractivity contribution in [3.05, 3.63) is 52.4 Å². The van der Waals surface area contributed by atoms with Crippen molar-refractivity contribution in [1.29, 1.82) is 0 Å². The van der Waals surface area contributed by atoms with E-state index >= 15 is 0 Å². The molecule has 0 fully saturated rings. The van der Waals surface area contributed by atoms with Crippen molar-refractivity contribution in [2.75, 3.05) is 0 Å². The molecule has 0 saturated carbocycles. The van der Waals surface area contributed by atoms with Gasteiger partial charge in [-0.2, -0.15) is 18.2 Å². The van der Waals surface area contributed by atoms with Gasteiger partial charge in [-0.25, -0.2) is 4.39 Å². The molecule has 0 saturated heterocycles. The fourth-order valence-corrected chi connectivity index (χ4v) is 3.17. The number of amides is 1. The third-order valence-corrected chi connectivity index (χ3v) is 4.72. The summed E-state index contributed by atoms with van der Waals surface area (Å²) in [6.07, 6.45) is -1.82. The number of nitrogens with zero attached hydrogens (tertiary/aromatic N) is 3. The third-order valence-electron chi connectivity index (χ3n) is 4.72. The van der Waals surface area contributed by atoms with Gasteiger partial charge in [-0.3, -0.25) is 14.2 Å². The molecule has 1 heterocycles. The van der Waals surface area contributed by atoms with E-state index in [0.29, 0.717) is 30.2 Å². The summed E-state index contributed by atoms with van der Waals surface area (Å²) < 4.78 is 56.6. The number of carbonyl (C=O) groups excluding carboxylic acids is 1. The lowest BCUT2D eigenvalue weighted by molar-refractivity contribution is -0.137. The highest BCUT2D eigenvalue weighted by Gasteiger charge is 2.32. The molecule has 29 heavy (non-hydrogen) atoms. The Morgan fingerprint density at radius 3 is 2.31 bits per heavy atom. The number of carbonyl (C=O) groups is 1. The summed E-state index contributed by atoms with van der Waals surface area (Å²) in [6.45, 7) is 8.70. The van der Waals surface area contributed by atoms with Gasteiger partial charge in [-0.1, -0.05) is 40.5 Å². The van der Waals surface area contributed by atoms with E-state index in [1.54, 1.807) is 10.7 Å². The number of hydrogen-bond donors (Lipinski definition) is 0. The predicted molar refractivity (Wildman–Crippen MR) is 103 cm³/mol. The first kappa shape index (κ1) is 22.9. The van der Waals surface area contributed by atoms with Crippen molar-refractivity contribution in [2.45, 2.75) is 65.1 Å². The monoisotopic (exact) mass is 413 g/mol. The van der Waals surface area contributed by atoms with E-state index < -0.39 is 29.0 Å². The summed E-state index contributed by atoms with van der Waals surface area (Å²) in [5.41, 5.74) is -0.808. The van der Waals surface area contributed by atoms with Crippen LogP contribution in [-0.4, -0.2) is 15.3 Å². The SMILES string of the molecule is CCCCCn1/c(=N/C(=O)c2cc(C(F)(F)F)ccc2F)cc(C(C)(C)C)n1C. The lowest BCUT2D eigenvalue weighted by Gasteiger charge is -2.20. The molecule has 1 aromatic heterocycles. The molecule has 1 amide bonds. The second-order valence-electron chi connectivity index (χ2n) is 8.10. The zero-order chi connectivity index (χ0) is 22.0. The van der Waals surface area contributed by atoms with Crippen LogP contribution in [-0.2, 0) is 25.2 Å². The first-order chi connectivity index (χ1) is 13.4.